The van der Waals surface area contributed by atoms with Gasteiger partial charge in [0.1, 0.15) is 17.4 Å². The van der Waals surface area contributed by atoms with Gasteiger partial charge in [-0.1, -0.05) is 19.1 Å². The van der Waals surface area contributed by atoms with Crippen LogP contribution in [-0.2, 0) is 6.61 Å². The van der Waals surface area contributed by atoms with E-state index in [-0.39, 0.29) is 0 Å². The number of ether oxygens (including phenoxy) is 1. The first-order valence-electron chi connectivity index (χ1n) is 6.99. The van der Waals surface area contributed by atoms with Crippen LogP contribution in [0.15, 0.2) is 24.3 Å². The van der Waals surface area contributed by atoms with Crippen molar-refractivity contribution in [2.24, 2.45) is 0 Å². The standard InChI is InChI=1S/C16H22N2OS/c1-5-17-12(3)14-6-8-15(9-7-14)19-10-16-18-11(2)13(4)20-16/h6-9,12,17H,5,10H2,1-4H3. The molecule has 0 saturated carbocycles. The van der Waals surface area contributed by atoms with E-state index >= 15 is 0 Å². The molecule has 0 spiro atoms. The van der Waals surface area contributed by atoms with E-state index in [0.29, 0.717) is 12.6 Å². The number of rotatable bonds is 6. The fraction of sp³-hybridized carbons (Fsp3) is 0.438. The van der Waals surface area contributed by atoms with Crippen LogP contribution in [0.25, 0.3) is 0 Å². The van der Waals surface area contributed by atoms with Crippen molar-refractivity contribution in [3.8, 4) is 5.75 Å². The molecule has 1 N–H and O–H groups in total. The highest BCUT2D eigenvalue weighted by Gasteiger charge is 2.06. The first-order chi connectivity index (χ1) is 9.60. The van der Waals surface area contributed by atoms with Crippen molar-refractivity contribution in [1.29, 1.82) is 0 Å². The molecule has 0 fully saturated rings. The Morgan fingerprint density at radius 3 is 2.50 bits per heavy atom. The number of aromatic nitrogens is 1. The van der Waals surface area contributed by atoms with Crippen molar-refractivity contribution < 1.29 is 4.74 Å². The molecule has 20 heavy (non-hydrogen) atoms. The smallest absolute Gasteiger partial charge is 0.140 e. The summed E-state index contributed by atoms with van der Waals surface area (Å²) in [5, 5.41) is 4.43. The fourth-order valence-electron chi connectivity index (χ4n) is 2.02. The molecule has 108 valence electrons. The van der Waals surface area contributed by atoms with Crippen molar-refractivity contribution in [3.63, 3.8) is 0 Å². The molecule has 4 heteroatoms. The summed E-state index contributed by atoms with van der Waals surface area (Å²) < 4.78 is 5.78. The van der Waals surface area contributed by atoms with Crippen molar-refractivity contribution in [2.75, 3.05) is 6.54 Å². The molecule has 0 radical (unpaired) electrons. The molecule has 1 atom stereocenters. The molecule has 0 aliphatic rings. The highest BCUT2D eigenvalue weighted by atomic mass is 32.1. The zero-order chi connectivity index (χ0) is 14.5. The maximum absolute atomic E-state index is 5.78. The number of nitrogens with zero attached hydrogens (tertiary/aromatic N) is 1. The van der Waals surface area contributed by atoms with Gasteiger partial charge in [-0.2, -0.15) is 0 Å². The average molecular weight is 290 g/mol. The van der Waals surface area contributed by atoms with Crippen molar-refractivity contribution >= 4 is 11.3 Å². The average Bonchev–Trinajstić information content (AvgIpc) is 2.76. The second-order valence-electron chi connectivity index (χ2n) is 4.89. The van der Waals surface area contributed by atoms with E-state index in [9.17, 15) is 0 Å². The Balaban J connectivity index is 1.93. The summed E-state index contributed by atoms with van der Waals surface area (Å²) >= 11 is 1.70. The van der Waals surface area contributed by atoms with Crippen molar-refractivity contribution in [2.45, 2.75) is 40.3 Å². The lowest BCUT2D eigenvalue weighted by Gasteiger charge is -2.13. The molecule has 3 nitrogen and oxygen atoms in total. The number of thiazole rings is 1. The molecule has 1 unspecified atom stereocenters. The lowest BCUT2D eigenvalue weighted by atomic mass is 10.1. The molecular weight excluding hydrogens is 268 g/mol. The second-order valence-corrected chi connectivity index (χ2v) is 6.17. The van der Waals surface area contributed by atoms with E-state index in [1.54, 1.807) is 11.3 Å². The van der Waals surface area contributed by atoms with Gasteiger partial charge in [0.25, 0.3) is 0 Å². The molecule has 2 aromatic rings. The summed E-state index contributed by atoms with van der Waals surface area (Å²) in [6.07, 6.45) is 0. The maximum Gasteiger partial charge on any atom is 0.140 e. The van der Waals surface area contributed by atoms with Gasteiger partial charge < -0.3 is 10.1 Å². The van der Waals surface area contributed by atoms with Gasteiger partial charge in [-0.3, -0.25) is 0 Å². The van der Waals surface area contributed by atoms with Gasteiger partial charge in [0.2, 0.25) is 0 Å². The second kappa shape index (κ2) is 6.86. The minimum absolute atomic E-state index is 0.373. The van der Waals surface area contributed by atoms with Gasteiger partial charge in [-0.25, -0.2) is 4.98 Å². The summed E-state index contributed by atoms with van der Waals surface area (Å²) in [5.41, 5.74) is 2.38. The van der Waals surface area contributed by atoms with Gasteiger partial charge >= 0.3 is 0 Å². The van der Waals surface area contributed by atoms with Crippen molar-refractivity contribution in [1.82, 2.24) is 10.3 Å². The quantitative estimate of drug-likeness (QED) is 0.873. The van der Waals surface area contributed by atoms with Gasteiger partial charge in [0.15, 0.2) is 0 Å². The number of nitrogens with one attached hydrogen (secondary N) is 1. The molecule has 0 aliphatic heterocycles. The minimum atomic E-state index is 0.373. The van der Waals surface area contributed by atoms with Crippen molar-refractivity contribution in [3.05, 3.63) is 45.4 Å². The topological polar surface area (TPSA) is 34.1 Å². The number of aryl methyl sites for hydroxylation is 2. The normalized spacial score (nSPS) is 12.4. The van der Waals surface area contributed by atoms with Gasteiger partial charge in [-0.15, -0.1) is 11.3 Å². The van der Waals surface area contributed by atoms with Crippen LogP contribution >= 0.6 is 11.3 Å². The lowest BCUT2D eigenvalue weighted by Crippen LogP contribution is -2.17. The molecule has 0 saturated heterocycles. The van der Waals surface area contributed by atoms with Crippen LogP contribution in [0.2, 0.25) is 0 Å². The Morgan fingerprint density at radius 1 is 1.25 bits per heavy atom. The summed E-state index contributed by atoms with van der Waals surface area (Å²) in [5.74, 6) is 0.892. The summed E-state index contributed by atoms with van der Waals surface area (Å²) in [6.45, 7) is 9.93. The highest BCUT2D eigenvalue weighted by molar-refractivity contribution is 7.11. The van der Waals surface area contributed by atoms with Crippen LogP contribution in [0, 0.1) is 13.8 Å². The lowest BCUT2D eigenvalue weighted by molar-refractivity contribution is 0.305. The number of hydrogen-bond acceptors (Lipinski definition) is 4. The number of benzene rings is 1. The third kappa shape index (κ3) is 3.81. The van der Waals surface area contributed by atoms with Gasteiger partial charge in [-0.05, 0) is 45.0 Å². The predicted molar refractivity (Wildman–Crippen MR) is 84.5 cm³/mol. The Labute approximate surface area is 125 Å². The zero-order valence-corrected chi connectivity index (χ0v) is 13.4. The Kier molecular flexibility index (Phi) is 5.15. The molecule has 0 amide bonds. The van der Waals surface area contributed by atoms with Gasteiger partial charge in [0.05, 0.1) is 5.69 Å². The Morgan fingerprint density at radius 2 is 1.95 bits per heavy atom. The summed E-state index contributed by atoms with van der Waals surface area (Å²) in [4.78, 5) is 5.74. The zero-order valence-electron chi connectivity index (χ0n) is 12.6. The van der Waals surface area contributed by atoms with Crippen LogP contribution in [0.1, 0.15) is 41.0 Å². The van der Waals surface area contributed by atoms with Crippen LogP contribution in [-0.4, -0.2) is 11.5 Å². The fourth-order valence-corrected chi connectivity index (χ4v) is 2.87. The highest BCUT2D eigenvalue weighted by Crippen LogP contribution is 2.21. The van der Waals surface area contributed by atoms with Crippen LogP contribution in [0.4, 0.5) is 0 Å². The molecule has 0 bridgehead atoms. The molecule has 2 rings (SSSR count). The maximum atomic E-state index is 5.78. The third-order valence-electron chi connectivity index (χ3n) is 3.33. The largest absolute Gasteiger partial charge is 0.486 e. The molecule has 1 aromatic carbocycles. The summed E-state index contributed by atoms with van der Waals surface area (Å²) in [6, 6.07) is 8.65. The van der Waals surface area contributed by atoms with Crippen LogP contribution < -0.4 is 10.1 Å². The Hall–Kier alpha value is -1.39. The van der Waals surface area contributed by atoms with E-state index in [4.69, 9.17) is 4.74 Å². The van der Waals surface area contributed by atoms with E-state index < -0.39 is 0 Å². The van der Waals surface area contributed by atoms with Crippen LogP contribution in [0.5, 0.6) is 5.75 Å². The molecular formula is C16H22N2OS. The minimum Gasteiger partial charge on any atom is -0.486 e. The molecule has 1 aromatic heterocycles. The SMILES string of the molecule is CCNC(C)c1ccc(OCc2nc(C)c(C)s2)cc1. The van der Waals surface area contributed by atoms with Crippen LogP contribution in [0.3, 0.4) is 0 Å². The van der Waals surface area contributed by atoms with Gasteiger partial charge in [0, 0.05) is 10.9 Å². The van der Waals surface area contributed by atoms with E-state index in [1.165, 1.54) is 10.4 Å². The first kappa shape index (κ1) is 15.0. The first-order valence-corrected chi connectivity index (χ1v) is 7.81. The number of hydrogen-bond donors (Lipinski definition) is 1. The monoisotopic (exact) mass is 290 g/mol. The predicted octanol–water partition coefficient (Wildman–Crippen LogP) is 4.01. The summed E-state index contributed by atoms with van der Waals surface area (Å²) in [7, 11) is 0. The third-order valence-corrected chi connectivity index (χ3v) is 4.37. The van der Waals surface area contributed by atoms with E-state index in [1.807, 2.05) is 19.1 Å². The van der Waals surface area contributed by atoms with E-state index in [0.717, 1.165) is 23.0 Å². The molecule has 1 heterocycles. The van der Waals surface area contributed by atoms with E-state index in [2.05, 4.69) is 43.2 Å². The molecule has 0 aliphatic carbocycles. The Bertz CT molecular complexity index is 529.